The summed E-state index contributed by atoms with van der Waals surface area (Å²) in [6.07, 6.45) is 0.893. The van der Waals surface area contributed by atoms with Crippen LogP contribution < -0.4 is 15.8 Å². The molecule has 0 saturated heterocycles. The second-order valence-corrected chi connectivity index (χ2v) is 6.83. The highest BCUT2D eigenvalue weighted by atomic mass is 16.5. The van der Waals surface area contributed by atoms with Crippen molar-refractivity contribution in [1.29, 1.82) is 0 Å². The average Bonchev–Trinajstić information content (AvgIpc) is 2.44. The number of fused-ring (bicyclic) bond motifs is 1. The van der Waals surface area contributed by atoms with Crippen LogP contribution in [0.4, 0.5) is 11.4 Å². The molecule has 2 aromatic rings. The Labute approximate surface area is 136 Å². The Kier molecular flexibility index (Phi) is 3.76. The van der Waals surface area contributed by atoms with Crippen LogP contribution in [0, 0.1) is 5.41 Å². The molecule has 1 aliphatic heterocycles. The summed E-state index contributed by atoms with van der Waals surface area (Å²) in [6.45, 7) is 5.88. The number of esters is 1. The maximum absolute atomic E-state index is 11.1. The van der Waals surface area contributed by atoms with Gasteiger partial charge in [0.1, 0.15) is 5.75 Å². The molecule has 0 aromatic heterocycles. The van der Waals surface area contributed by atoms with E-state index >= 15 is 0 Å². The number of carbonyl (C=O) groups excluding carboxylic acids is 1. The zero-order chi connectivity index (χ0) is 16.6. The van der Waals surface area contributed by atoms with Gasteiger partial charge in [-0.15, -0.1) is 0 Å². The molecule has 4 heteroatoms. The van der Waals surface area contributed by atoms with Crippen molar-refractivity contribution in [2.24, 2.45) is 5.41 Å². The van der Waals surface area contributed by atoms with Crippen LogP contribution in [0.2, 0.25) is 0 Å². The maximum atomic E-state index is 11.1. The summed E-state index contributed by atoms with van der Waals surface area (Å²) in [5, 5.41) is 3.62. The summed E-state index contributed by atoms with van der Waals surface area (Å²) in [5.41, 5.74) is 10.1. The Bertz CT molecular complexity index is 753. The largest absolute Gasteiger partial charge is 0.427 e. The quantitative estimate of drug-likeness (QED) is 0.501. The minimum absolute atomic E-state index is 0.00956. The van der Waals surface area contributed by atoms with Crippen LogP contribution >= 0.6 is 0 Å². The molecule has 0 amide bonds. The molecule has 3 N–H and O–H groups in total. The molecule has 0 aliphatic carbocycles. The zero-order valence-corrected chi connectivity index (χ0v) is 13.7. The summed E-state index contributed by atoms with van der Waals surface area (Å²) in [6, 6.07) is 13.9. The number of hydrogen-bond acceptors (Lipinski definition) is 4. The molecular formula is C19H22N2O2. The lowest BCUT2D eigenvalue weighted by Crippen LogP contribution is -2.35. The van der Waals surface area contributed by atoms with Crippen molar-refractivity contribution in [1.82, 2.24) is 0 Å². The zero-order valence-electron chi connectivity index (χ0n) is 13.7. The molecular weight excluding hydrogens is 288 g/mol. The van der Waals surface area contributed by atoms with Gasteiger partial charge >= 0.3 is 5.97 Å². The summed E-state index contributed by atoms with van der Waals surface area (Å²) >= 11 is 0. The van der Waals surface area contributed by atoms with E-state index in [4.69, 9.17) is 10.5 Å². The van der Waals surface area contributed by atoms with Crippen molar-refractivity contribution in [2.45, 2.75) is 33.2 Å². The second kappa shape index (κ2) is 5.61. The van der Waals surface area contributed by atoms with Crippen LogP contribution in [0.25, 0.3) is 0 Å². The number of nitrogens with two attached hydrogens (primary N) is 1. The summed E-state index contributed by atoms with van der Waals surface area (Å²) < 4.78 is 5.19. The highest BCUT2D eigenvalue weighted by Gasteiger charge is 2.36. The van der Waals surface area contributed by atoms with Gasteiger partial charge in [-0.25, -0.2) is 0 Å². The van der Waals surface area contributed by atoms with Crippen LogP contribution in [0.1, 0.15) is 37.9 Å². The smallest absolute Gasteiger partial charge is 0.308 e. The van der Waals surface area contributed by atoms with E-state index in [1.807, 2.05) is 36.4 Å². The van der Waals surface area contributed by atoms with Gasteiger partial charge in [0, 0.05) is 18.3 Å². The second-order valence-electron chi connectivity index (χ2n) is 6.83. The molecule has 1 unspecified atom stereocenters. The number of hydrogen-bond donors (Lipinski definition) is 2. The van der Waals surface area contributed by atoms with Gasteiger partial charge in [0.05, 0.1) is 6.04 Å². The topological polar surface area (TPSA) is 64.3 Å². The summed E-state index contributed by atoms with van der Waals surface area (Å²) in [5.74, 6) is 0.293. The molecule has 0 radical (unpaired) electrons. The van der Waals surface area contributed by atoms with Crippen molar-refractivity contribution in [3.05, 3.63) is 53.6 Å². The van der Waals surface area contributed by atoms with Gasteiger partial charge in [-0.1, -0.05) is 26.0 Å². The number of nitrogens with one attached hydrogen (secondary N) is 1. The molecule has 120 valence electrons. The van der Waals surface area contributed by atoms with Gasteiger partial charge in [0.25, 0.3) is 0 Å². The molecule has 0 bridgehead atoms. The Morgan fingerprint density at radius 2 is 2.04 bits per heavy atom. The van der Waals surface area contributed by atoms with E-state index in [1.54, 1.807) is 0 Å². The molecule has 4 nitrogen and oxygen atoms in total. The van der Waals surface area contributed by atoms with Gasteiger partial charge < -0.3 is 15.8 Å². The van der Waals surface area contributed by atoms with Gasteiger partial charge in [0.15, 0.2) is 0 Å². The first-order valence-electron chi connectivity index (χ1n) is 7.78. The normalized spacial score (nSPS) is 18.7. The minimum Gasteiger partial charge on any atom is -0.427 e. The fourth-order valence-corrected chi connectivity index (χ4v) is 3.30. The first-order chi connectivity index (χ1) is 10.8. The highest BCUT2D eigenvalue weighted by molar-refractivity contribution is 5.70. The summed E-state index contributed by atoms with van der Waals surface area (Å²) in [7, 11) is 0. The fraction of sp³-hybridized carbons (Fsp3) is 0.316. The first kappa shape index (κ1) is 15.4. The van der Waals surface area contributed by atoms with Crippen molar-refractivity contribution in [3.63, 3.8) is 0 Å². The monoisotopic (exact) mass is 310 g/mol. The first-order valence-corrected chi connectivity index (χ1v) is 7.78. The lowest BCUT2D eigenvalue weighted by Gasteiger charge is -2.41. The Balaban J connectivity index is 1.95. The number of anilines is 2. The number of benzene rings is 2. The lowest BCUT2D eigenvalue weighted by atomic mass is 9.73. The molecule has 3 rings (SSSR count). The molecule has 0 fully saturated rings. The Hall–Kier alpha value is -2.49. The fourth-order valence-electron chi connectivity index (χ4n) is 3.30. The van der Waals surface area contributed by atoms with Crippen LogP contribution in [-0.4, -0.2) is 5.97 Å². The van der Waals surface area contributed by atoms with Gasteiger partial charge in [-0.2, -0.15) is 0 Å². The maximum Gasteiger partial charge on any atom is 0.308 e. The van der Waals surface area contributed by atoms with Crippen LogP contribution in [-0.2, 0) is 11.2 Å². The third-order valence-electron chi connectivity index (χ3n) is 4.31. The van der Waals surface area contributed by atoms with E-state index in [0.29, 0.717) is 5.75 Å². The van der Waals surface area contributed by atoms with E-state index in [0.717, 1.165) is 23.4 Å². The summed E-state index contributed by atoms with van der Waals surface area (Å²) in [4.78, 5) is 11.1. The van der Waals surface area contributed by atoms with Crippen molar-refractivity contribution in [3.8, 4) is 5.75 Å². The van der Waals surface area contributed by atoms with Gasteiger partial charge in [-0.3, -0.25) is 4.79 Å². The van der Waals surface area contributed by atoms with E-state index < -0.39 is 0 Å². The van der Waals surface area contributed by atoms with Crippen molar-refractivity contribution in [2.75, 3.05) is 11.1 Å². The molecule has 1 heterocycles. The average molecular weight is 310 g/mol. The van der Waals surface area contributed by atoms with Crippen molar-refractivity contribution < 1.29 is 9.53 Å². The lowest BCUT2D eigenvalue weighted by molar-refractivity contribution is -0.131. The Morgan fingerprint density at radius 1 is 1.26 bits per heavy atom. The molecule has 0 saturated carbocycles. The molecule has 23 heavy (non-hydrogen) atoms. The molecule has 1 atom stereocenters. The number of carbonyl (C=O) groups is 1. The van der Waals surface area contributed by atoms with E-state index in [2.05, 4.69) is 25.2 Å². The van der Waals surface area contributed by atoms with Gasteiger partial charge in [0.2, 0.25) is 0 Å². The van der Waals surface area contributed by atoms with Gasteiger partial charge in [-0.05, 0) is 53.3 Å². The predicted octanol–water partition coefficient (Wildman–Crippen LogP) is 3.93. The standard InChI is InChI=1S/C19H22N2O2/c1-12(22)23-16-7-8-17-14(10-16)11-19(2,3)18(21-17)13-5-4-6-15(20)9-13/h4-10,18,21H,11,20H2,1-3H3. The van der Waals surface area contributed by atoms with Crippen LogP contribution in [0.3, 0.4) is 0 Å². The predicted molar refractivity (Wildman–Crippen MR) is 92.5 cm³/mol. The number of rotatable bonds is 2. The van der Waals surface area contributed by atoms with Crippen LogP contribution in [0.15, 0.2) is 42.5 Å². The van der Waals surface area contributed by atoms with Crippen molar-refractivity contribution >= 4 is 17.3 Å². The van der Waals surface area contributed by atoms with Crippen LogP contribution in [0.5, 0.6) is 5.75 Å². The third kappa shape index (κ3) is 3.16. The highest BCUT2D eigenvalue weighted by Crippen LogP contribution is 2.45. The SMILES string of the molecule is CC(=O)Oc1ccc2c(c1)CC(C)(C)C(c1cccc(N)c1)N2. The third-order valence-corrected chi connectivity index (χ3v) is 4.31. The van der Waals surface area contributed by atoms with E-state index in [9.17, 15) is 4.79 Å². The molecule has 2 aromatic carbocycles. The molecule has 1 aliphatic rings. The molecule has 0 spiro atoms. The number of nitrogen functional groups attached to an aromatic ring is 1. The number of ether oxygens (including phenoxy) is 1. The van der Waals surface area contributed by atoms with E-state index in [1.165, 1.54) is 12.5 Å². The van der Waals surface area contributed by atoms with E-state index in [-0.39, 0.29) is 17.4 Å². The Morgan fingerprint density at radius 3 is 2.74 bits per heavy atom. The minimum atomic E-state index is -0.300.